The molecule has 9 N–H and O–H groups in total. The summed E-state index contributed by atoms with van der Waals surface area (Å²) in [4.78, 5) is 10.5. The van der Waals surface area contributed by atoms with Crippen LogP contribution in [-0.4, -0.2) is 84.9 Å². The van der Waals surface area contributed by atoms with Gasteiger partial charge >= 0.3 is 5.97 Å². The molecule has 0 bridgehead atoms. The second-order valence-electron chi connectivity index (χ2n) is 9.61. The molecule has 1 rings (SSSR count). The third kappa shape index (κ3) is 13.5. The number of carboxylic acid groups (broad SMARTS) is 1. The minimum atomic E-state index is -1.21. The zero-order valence-electron chi connectivity index (χ0n) is 20.7. The lowest BCUT2D eigenvalue weighted by Crippen LogP contribution is -2.50. The van der Waals surface area contributed by atoms with Crippen molar-refractivity contribution in [1.29, 1.82) is 0 Å². The van der Waals surface area contributed by atoms with Crippen molar-refractivity contribution in [3.63, 3.8) is 0 Å². The molecule has 1 fully saturated rings. The molecule has 0 amide bonds. The number of aliphatic carboxylic acids is 1. The van der Waals surface area contributed by atoms with Crippen molar-refractivity contribution < 1.29 is 40.5 Å². The first-order chi connectivity index (χ1) is 15.9. The number of hydrogen-bond acceptors (Lipinski definition) is 8. The molecule has 0 aromatic rings. The molecule has 0 saturated heterocycles. The number of aliphatic hydroxyl groups excluding tert-OH is 5. The summed E-state index contributed by atoms with van der Waals surface area (Å²) in [5.74, 6) is -1.04. The maximum absolute atomic E-state index is 10.5. The topological polar surface area (TPSA) is 185 Å². The molecule has 0 aromatic carbocycles. The third-order valence-corrected chi connectivity index (χ3v) is 6.16. The van der Waals surface area contributed by atoms with Gasteiger partial charge in [0.1, 0.15) is 0 Å². The molecular weight excluding hydrogens is 442 g/mol. The number of carboxylic acids is 1. The van der Waals surface area contributed by atoms with E-state index in [2.05, 4.69) is 6.92 Å². The second kappa shape index (κ2) is 17.2. The molecule has 0 aliphatic heterocycles. The smallest absolute Gasteiger partial charge is 0.303 e. The summed E-state index contributed by atoms with van der Waals surface area (Å²) in [6.45, 7) is 2.70. The Morgan fingerprint density at radius 3 is 2.15 bits per heavy atom. The Labute approximate surface area is 203 Å². The Morgan fingerprint density at radius 2 is 1.65 bits per heavy atom. The Morgan fingerprint density at radius 1 is 1.03 bits per heavy atom. The average Bonchev–Trinajstić information content (AvgIpc) is 3.06. The van der Waals surface area contributed by atoms with E-state index in [-0.39, 0.29) is 18.3 Å². The van der Waals surface area contributed by atoms with E-state index in [1.165, 1.54) is 0 Å². The van der Waals surface area contributed by atoms with Gasteiger partial charge in [-0.25, -0.2) is 0 Å². The second-order valence-corrected chi connectivity index (χ2v) is 9.61. The van der Waals surface area contributed by atoms with Crippen LogP contribution in [0, 0.1) is 11.8 Å². The highest BCUT2D eigenvalue weighted by molar-refractivity contribution is 5.66. The first-order valence-corrected chi connectivity index (χ1v) is 12.2. The van der Waals surface area contributed by atoms with Crippen molar-refractivity contribution in [2.45, 2.75) is 95.0 Å². The molecule has 0 radical (unpaired) electrons. The predicted octanol–water partition coefficient (Wildman–Crippen LogP) is 1.09. The fraction of sp³-hybridized carbons (Fsp3) is 0.800. The molecule has 1 saturated carbocycles. The minimum absolute atomic E-state index is 0.0802. The summed E-state index contributed by atoms with van der Waals surface area (Å²) < 4.78 is 0. The summed E-state index contributed by atoms with van der Waals surface area (Å²) in [5, 5.41) is 64.6. The third-order valence-electron chi connectivity index (χ3n) is 6.16. The molecule has 0 spiro atoms. The van der Waals surface area contributed by atoms with Gasteiger partial charge in [0.15, 0.2) is 0 Å². The number of unbranched alkanes of at least 4 members (excludes halogenated alkanes) is 3. The number of rotatable bonds is 15. The molecular formula is C25H47NO8. The Bertz CT molecular complexity index is 595. The lowest BCUT2D eigenvalue weighted by atomic mass is 9.88. The van der Waals surface area contributed by atoms with Crippen molar-refractivity contribution in [3.05, 3.63) is 24.3 Å². The zero-order valence-corrected chi connectivity index (χ0v) is 20.7. The van der Waals surface area contributed by atoms with Crippen LogP contribution in [0.4, 0.5) is 0 Å². The molecule has 1 aliphatic rings. The fourth-order valence-electron chi connectivity index (χ4n) is 3.73. The zero-order chi connectivity index (χ0) is 26.2. The van der Waals surface area contributed by atoms with Crippen molar-refractivity contribution in [2.24, 2.45) is 17.6 Å². The summed E-state index contributed by atoms with van der Waals surface area (Å²) >= 11 is 0. The van der Waals surface area contributed by atoms with Crippen LogP contribution in [0.1, 0.15) is 71.6 Å². The molecule has 1 aliphatic carbocycles. The maximum Gasteiger partial charge on any atom is 0.303 e. The highest BCUT2D eigenvalue weighted by atomic mass is 16.4. The van der Waals surface area contributed by atoms with Gasteiger partial charge in [0.2, 0.25) is 0 Å². The van der Waals surface area contributed by atoms with Gasteiger partial charge in [0.05, 0.1) is 43.2 Å². The molecule has 0 heterocycles. The Balaban J connectivity index is 0.00000116. The van der Waals surface area contributed by atoms with Gasteiger partial charge in [-0.15, -0.1) is 0 Å². The monoisotopic (exact) mass is 489 g/mol. The minimum Gasteiger partial charge on any atom is -0.481 e. The summed E-state index contributed by atoms with van der Waals surface area (Å²) in [5.41, 5.74) is 3.05. The average molecular weight is 490 g/mol. The molecule has 200 valence electrons. The molecule has 34 heavy (non-hydrogen) atoms. The van der Waals surface area contributed by atoms with Gasteiger partial charge in [-0.3, -0.25) is 4.79 Å². The van der Waals surface area contributed by atoms with E-state index in [0.29, 0.717) is 32.1 Å². The molecule has 0 aromatic heterocycles. The van der Waals surface area contributed by atoms with Crippen molar-refractivity contribution in [3.8, 4) is 0 Å². The van der Waals surface area contributed by atoms with Gasteiger partial charge in [-0.05, 0) is 38.5 Å². The fourth-order valence-corrected chi connectivity index (χ4v) is 3.73. The van der Waals surface area contributed by atoms with Crippen LogP contribution in [0.15, 0.2) is 24.3 Å². The number of allylic oxidation sites excluding steroid dienone is 2. The summed E-state index contributed by atoms with van der Waals surface area (Å²) in [6, 6.07) is 0. The summed E-state index contributed by atoms with van der Waals surface area (Å²) in [6.07, 6.45) is 12.7. The first kappa shape index (κ1) is 32.7. The number of carbonyl (C=O) groups is 1. The van der Waals surface area contributed by atoms with E-state index in [0.717, 1.165) is 19.3 Å². The van der Waals surface area contributed by atoms with Crippen molar-refractivity contribution in [1.82, 2.24) is 0 Å². The van der Waals surface area contributed by atoms with Gasteiger partial charge in [0, 0.05) is 18.8 Å². The van der Waals surface area contributed by atoms with E-state index in [1.807, 2.05) is 18.2 Å². The number of aliphatic hydroxyl groups is 6. The van der Waals surface area contributed by atoms with E-state index >= 15 is 0 Å². The van der Waals surface area contributed by atoms with E-state index in [9.17, 15) is 20.1 Å². The molecule has 9 heteroatoms. The normalized spacial score (nSPS) is 24.9. The van der Waals surface area contributed by atoms with E-state index in [1.54, 1.807) is 13.0 Å². The quantitative estimate of drug-likeness (QED) is 0.123. The van der Waals surface area contributed by atoms with Crippen molar-refractivity contribution in [2.75, 3.05) is 19.8 Å². The number of hydrogen-bond donors (Lipinski definition) is 8. The lowest BCUT2D eigenvalue weighted by Gasteiger charge is -2.23. The Hall–Kier alpha value is -1.33. The van der Waals surface area contributed by atoms with Crippen molar-refractivity contribution >= 4 is 5.97 Å². The van der Waals surface area contributed by atoms with Gasteiger partial charge in [0.25, 0.3) is 0 Å². The van der Waals surface area contributed by atoms with Crippen LogP contribution in [-0.2, 0) is 4.79 Å². The lowest BCUT2D eigenvalue weighted by molar-refractivity contribution is -0.137. The van der Waals surface area contributed by atoms with E-state index < -0.39 is 49.1 Å². The maximum atomic E-state index is 10.5. The SMILES string of the molecule is CCCCC[C@](C)(O)/C=C/C1C(O)CC(O)C1C/C=C\CCCC(=O)O.NC(CO)(CO)CO. The van der Waals surface area contributed by atoms with E-state index in [4.69, 9.17) is 26.2 Å². The molecule has 4 unspecified atom stereocenters. The largest absolute Gasteiger partial charge is 0.481 e. The predicted molar refractivity (Wildman–Crippen MR) is 131 cm³/mol. The standard InChI is InChI=1S/C21H36O5.C4H11NO3/c1-3-4-9-13-21(2,26)14-12-17-16(18(22)15-19(17)23)10-7-5-6-8-11-20(24)25;5-4(1-6,2-7)3-8/h5,7,12,14,16-19,22-23,26H,3-4,6,8-11,13,15H2,1-2H3,(H,24,25);6-8H,1-3,5H2/b7-5-,14-12+;/t16?,17?,18?,19?,21-;/m0./s1. The van der Waals surface area contributed by atoms with Crippen LogP contribution >= 0.6 is 0 Å². The van der Waals surface area contributed by atoms with Gasteiger partial charge in [-0.1, -0.05) is 50.5 Å². The highest BCUT2D eigenvalue weighted by Crippen LogP contribution is 2.37. The van der Waals surface area contributed by atoms with Gasteiger partial charge in [-0.2, -0.15) is 0 Å². The van der Waals surface area contributed by atoms with Crippen LogP contribution in [0.2, 0.25) is 0 Å². The first-order valence-electron chi connectivity index (χ1n) is 12.2. The van der Waals surface area contributed by atoms with Crippen LogP contribution in [0.3, 0.4) is 0 Å². The van der Waals surface area contributed by atoms with Crippen LogP contribution in [0.25, 0.3) is 0 Å². The molecule has 9 nitrogen and oxygen atoms in total. The van der Waals surface area contributed by atoms with Crippen LogP contribution in [0.5, 0.6) is 0 Å². The Kier molecular flexibility index (Phi) is 16.5. The summed E-state index contributed by atoms with van der Waals surface area (Å²) in [7, 11) is 0. The van der Waals surface area contributed by atoms with Gasteiger partial charge < -0.3 is 41.5 Å². The van der Waals surface area contributed by atoms with Crippen LogP contribution < -0.4 is 5.73 Å². The number of nitrogens with two attached hydrogens (primary N) is 1. The highest BCUT2D eigenvalue weighted by Gasteiger charge is 2.39. The molecule has 5 atom stereocenters.